The predicted octanol–water partition coefficient (Wildman–Crippen LogP) is 4.83. The highest BCUT2D eigenvalue weighted by Gasteiger charge is 2.39. The van der Waals surface area contributed by atoms with Gasteiger partial charge >= 0.3 is 0 Å². The third-order valence-electron chi connectivity index (χ3n) is 4.75. The summed E-state index contributed by atoms with van der Waals surface area (Å²) >= 11 is 12.1. The fourth-order valence-electron chi connectivity index (χ4n) is 3.63. The molecule has 0 bridgehead atoms. The van der Waals surface area contributed by atoms with E-state index in [0.717, 1.165) is 24.7 Å². The Bertz CT molecular complexity index is 470. The van der Waals surface area contributed by atoms with E-state index in [0.29, 0.717) is 10.0 Å². The van der Waals surface area contributed by atoms with Crippen molar-refractivity contribution in [2.24, 2.45) is 17.6 Å². The molecule has 3 heteroatoms. The molecule has 2 unspecified atom stereocenters. The van der Waals surface area contributed by atoms with Crippen LogP contribution in [0, 0.1) is 11.8 Å². The van der Waals surface area contributed by atoms with Crippen LogP contribution < -0.4 is 5.73 Å². The molecule has 2 atom stereocenters. The molecule has 1 aromatic rings. The van der Waals surface area contributed by atoms with Crippen LogP contribution in [-0.2, 0) is 6.42 Å². The van der Waals surface area contributed by atoms with Crippen molar-refractivity contribution >= 4 is 23.2 Å². The van der Waals surface area contributed by atoms with Crippen molar-refractivity contribution in [2.45, 2.75) is 50.5 Å². The first-order valence-electron chi connectivity index (χ1n) is 7.29. The van der Waals surface area contributed by atoms with Gasteiger partial charge in [-0.3, -0.25) is 0 Å². The van der Waals surface area contributed by atoms with Gasteiger partial charge in [0.15, 0.2) is 0 Å². The molecule has 1 nitrogen and oxygen atoms in total. The maximum atomic E-state index is 6.66. The Balaban J connectivity index is 1.71. The van der Waals surface area contributed by atoms with Crippen molar-refractivity contribution in [2.75, 3.05) is 0 Å². The molecule has 0 spiro atoms. The zero-order valence-corrected chi connectivity index (χ0v) is 12.7. The molecule has 0 heterocycles. The van der Waals surface area contributed by atoms with Gasteiger partial charge in [0.2, 0.25) is 0 Å². The molecular formula is C16H21Cl2N. The molecular weight excluding hydrogens is 277 g/mol. The average Bonchev–Trinajstić information content (AvgIpc) is 3.18. The molecule has 2 saturated carbocycles. The Labute approximate surface area is 125 Å². The van der Waals surface area contributed by atoms with Crippen LogP contribution in [0.3, 0.4) is 0 Å². The first kappa shape index (κ1) is 13.7. The number of hydrogen-bond donors (Lipinski definition) is 1. The summed E-state index contributed by atoms with van der Waals surface area (Å²) < 4.78 is 0. The van der Waals surface area contributed by atoms with Crippen molar-refractivity contribution in [1.82, 2.24) is 0 Å². The lowest BCUT2D eigenvalue weighted by molar-refractivity contribution is 0.204. The minimum Gasteiger partial charge on any atom is -0.325 e. The quantitative estimate of drug-likeness (QED) is 0.849. The van der Waals surface area contributed by atoms with Gasteiger partial charge in [0.05, 0.1) is 10.0 Å². The molecule has 19 heavy (non-hydrogen) atoms. The molecule has 3 rings (SSSR count). The first-order valence-corrected chi connectivity index (χ1v) is 8.04. The number of halogens is 2. The lowest BCUT2D eigenvalue weighted by Gasteiger charge is -2.38. The molecule has 0 aromatic heterocycles. The summed E-state index contributed by atoms with van der Waals surface area (Å²) in [7, 11) is 0. The molecule has 0 radical (unpaired) electrons. The highest BCUT2D eigenvalue weighted by atomic mass is 35.5. The summed E-state index contributed by atoms with van der Waals surface area (Å²) in [5.74, 6) is 1.83. The fraction of sp³-hybridized carbons (Fsp3) is 0.625. The number of nitrogens with two attached hydrogens (primary N) is 1. The number of rotatable bonds is 3. The Hall–Kier alpha value is -0.240. The van der Waals surface area contributed by atoms with E-state index in [2.05, 4.69) is 6.07 Å². The van der Waals surface area contributed by atoms with E-state index >= 15 is 0 Å². The van der Waals surface area contributed by atoms with Gasteiger partial charge in [-0.2, -0.15) is 0 Å². The normalized spacial score (nSPS) is 31.4. The molecule has 0 aliphatic heterocycles. The minimum absolute atomic E-state index is 0.0390. The smallest absolute Gasteiger partial charge is 0.0595 e. The van der Waals surface area contributed by atoms with Crippen LogP contribution in [-0.4, -0.2) is 5.54 Å². The van der Waals surface area contributed by atoms with E-state index in [-0.39, 0.29) is 5.54 Å². The Morgan fingerprint density at radius 1 is 1.11 bits per heavy atom. The lowest BCUT2D eigenvalue weighted by atomic mass is 9.72. The van der Waals surface area contributed by atoms with Gasteiger partial charge in [-0.05, 0) is 61.6 Å². The summed E-state index contributed by atoms with van der Waals surface area (Å²) in [6, 6.07) is 5.91. The molecule has 104 valence electrons. The topological polar surface area (TPSA) is 26.0 Å². The third-order valence-corrected chi connectivity index (χ3v) is 5.49. The SMILES string of the molecule is NC1(Cc2ccc(Cl)c(Cl)c2)CCCC(C2CC2)C1. The molecule has 2 N–H and O–H groups in total. The molecule has 2 aliphatic carbocycles. The summed E-state index contributed by atoms with van der Waals surface area (Å²) in [6.45, 7) is 0. The first-order chi connectivity index (χ1) is 9.06. The Morgan fingerprint density at radius 2 is 1.89 bits per heavy atom. The van der Waals surface area contributed by atoms with E-state index in [1.165, 1.54) is 37.7 Å². The zero-order chi connectivity index (χ0) is 13.5. The Kier molecular flexibility index (Phi) is 3.81. The number of benzene rings is 1. The summed E-state index contributed by atoms with van der Waals surface area (Å²) in [4.78, 5) is 0. The van der Waals surface area contributed by atoms with Crippen LogP contribution in [0.1, 0.15) is 44.1 Å². The zero-order valence-electron chi connectivity index (χ0n) is 11.2. The van der Waals surface area contributed by atoms with Crippen LogP contribution in [0.5, 0.6) is 0 Å². The van der Waals surface area contributed by atoms with E-state index in [1.54, 1.807) is 0 Å². The predicted molar refractivity (Wildman–Crippen MR) is 81.8 cm³/mol. The lowest BCUT2D eigenvalue weighted by Crippen LogP contribution is -2.46. The molecule has 0 amide bonds. The molecule has 2 aliphatic rings. The molecule has 1 aromatic carbocycles. The molecule has 0 saturated heterocycles. The van der Waals surface area contributed by atoms with Gasteiger partial charge < -0.3 is 5.73 Å². The standard InChI is InChI=1S/C16H21Cl2N/c17-14-6-3-11(8-15(14)18)9-16(19)7-1-2-13(10-16)12-4-5-12/h3,6,8,12-13H,1-2,4-5,7,9-10,19H2. The average molecular weight is 298 g/mol. The van der Waals surface area contributed by atoms with Crippen molar-refractivity contribution in [3.05, 3.63) is 33.8 Å². The number of hydrogen-bond acceptors (Lipinski definition) is 1. The summed E-state index contributed by atoms with van der Waals surface area (Å²) in [5.41, 5.74) is 7.84. The monoisotopic (exact) mass is 297 g/mol. The highest BCUT2D eigenvalue weighted by molar-refractivity contribution is 6.42. The van der Waals surface area contributed by atoms with Crippen molar-refractivity contribution in [1.29, 1.82) is 0 Å². The van der Waals surface area contributed by atoms with Crippen molar-refractivity contribution in [3.8, 4) is 0 Å². The van der Waals surface area contributed by atoms with Gasteiger partial charge in [-0.15, -0.1) is 0 Å². The van der Waals surface area contributed by atoms with Crippen LogP contribution in [0.15, 0.2) is 18.2 Å². The van der Waals surface area contributed by atoms with Gasteiger partial charge in [0, 0.05) is 5.54 Å². The summed E-state index contributed by atoms with van der Waals surface area (Å²) in [6.07, 6.45) is 8.74. The largest absolute Gasteiger partial charge is 0.325 e. The summed E-state index contributed by atoms with van der Waals surface area (Å²) in [5, 5.41) is 1.26. The highest BCUT2D eigenvalue weighted by Crippen LogP contribution is 2.46. The van der Waals surface area contributed by atoms with Gasteiger partial charge in [0.25, 0.3) is 0 Å². The third kappa shape index (κ3) is 3.26. The second-order valence-corrected chi connectivity index (χ2v) is 7.30. The molecule has 2 fully saturated rings. The van der Waals surface area contributed by atoms with Crippen LogP contribution >= 0.6 is 23.2 Å². The maximum Gasteiger partial charge on any atom is 0.0595 e. The van der Waals surface area contributed by atoms with E-state index in [9.17, 15) is 0 Å². The van der Waals surface area contributed by atoms with Crippen LogP contribution in [0.25, 0.3) is 0 Å². The Morgan fingerprint density at radius 3 is 2.58 bits per heavy atom. The van der Waals surface area contributed by atoms with Gasteiger partial charge in [-0.25, -0.2) is 0 Å². The van der Waals surface area contributed by atoms with Gasteiger partial charge in [0.1, 0.15) is 0 Å². The maximum absolute atomic E-state index is 6.66. The van der Waals surface area contributed by atoms with Gasteiger partial charge in [-0.1, -0.05) is 42.1 Å². The van der Waals surface area contributed by atoms with Crippen molar-refractivity contribution < 1.29 is 0 Å². The van der Waals surface area contributed by atoms with E-state index < -0.39 is 0 Å². The fourth-order valence-corrected chi connectivity index (χ4v) is 3.95. The second kappa shape index (κ2) is 5.27. The van der Waals surface area contributed by atoms with E-state index in [4.69, 9.17) is 28.9 Å². The van der Waals surface area contributed by atoms with Crippen LogP contribution in [0.4, 0.5) is 0 Å². The van der Waals surface area contributed by atoms with Crippen molar-refractivity contribution in [3.63, 3.8) is 0 Å². The minimum atomic E-state index is -0.0390. The second-order valence-electron chi connectivity index (χ2n) is 6.48. The van der Waals surface area contributed by atoms with E-state index in [1.807, 2.05) is 12.1 Å². The van der Waals surface area contributed by atoms with Crippen LogP contribution in [0.2, 0.25) is 10.0 Å².